The number of amides is 1. The highest BCUT2D eigenvalue weighted by molar-refractivity contribution is 6.05. The first-order valence-corrected chi connectivity index (χ1v) is 7.08. The molecule has 5 nitrogen and oxygen atoms in total. The van der Waals surface area contributed by atoms with E-state index >= 15 is 0 Å². The Hall–Kier alpha value is -2.47. The Balaban J connectivity index is 1.90. The molecule has 3 rings (SSSR count). The molecule has 1 aromatic heterocycles. The van der Waals surface area contributed by atoms with E-state index in [-0.39, 0.29) is 17.1 Å². The Kier molecular flexibility index (Phi) is 3.77. The van der Waals surface area contributed by atoms with Crippen molar-refractivity contribution in [1.29, 1.82) is 0 Å². The van der Waals surface area contributed by atoms with Crippen molar-refractivity contribution in [2.45, 2.75) is 19.9 Å². The quantitative estimate of drug-likeness (QED) is 0.791. The average Bonchev–Trinajstić information content (AvgIpc) is 2.50. The summed E-state index contributed by atoms with van der Waals surface area (Å²) in [7, 11) is 0. The van der Waals surface area contributed by atoms with Crippen molar-refractivity contribution in [2.75, 3.05) is 11.9 Å². The number of fused-ring (bicyclic) bond motifs is 1. The van der Waals surface area contributed by atoms with Crippen LogP contribution in [-0.4, -0.2) is 17.4 Å². The molecule has 0 radical (unpaired) electrons. The minimum Gasteiger partial charge on any atom is -0.328 e. The largest absolute Gasteiger partial charge is 0.328 e. The summed E-state index contributed by atoms with van der Waals surface area (Å²) in [6.45, 7) is 3.03. The number of benzene rings is 1. The Morgan fingerprint density at radius 2 is 2.18 bits per heavy atom. The third-order valence-electron chi connectivity index (χ3n) is 3.83. The Labute approximate surface area is 126 Å². The molecule has 22 heavy (non-hydrogen) atoms. The molecule has 6 heteroatoms. The highest BCUT2D eigenvalue weighted by Gasteiger charge is 2.18. The zero-order chi connectivity index (χ0) is 15.7. The lowest BCUT2D eigenvalue weighted by atomic mass is 9.99. The van der Waals surface area contributed by atoms with Gasteiger partial charge in [0.15, 0.2) is 0 Å². The van der Waals surface area contributed by atoms with Crippen molar-refractivity contribution in [3.63, 3.8) is 0 Å². The third kappa shape index (κ3) is 2.65. The number of aryl methyl sites for hydroxylation is 1. The van der Waals surface area contributed by atoms with Gasteiger partial charge in [0.05, 0.1) is 11.3 Å². The van der Waals surface area contributed by atoms with E-state index in [4.69, 9.17) is 0 Å². The number of hydrogen-bond acceptors (Lipinski definition) is 3. The van der Waals surface area contributed by atoms with Crippen LogP contribution >= 0.6 is 0 Å². The molecule has 114 valence electrons. The summed E-state index contributed by atoms with van der Waals surface area (Å²) in [4.78, 5) is 25.9. The summed E-state index contributed by atoms with van der Waals surface area (Å²) in [6, 6.07) is 4.73. The smallest absolute Gasteiger partial charge is 0.257 e. The number of carbonyl (C=O) groups is 1. The average molecular weight is 301 g/mol. The number of carbonyl (C=O) groups excluding carboxylic acids is 1. The third-order valence-corrected chi connectivity index (χ3v) is 3.83. The van der Waals surface area contributed by atoms with Crippen LogP contribution < -0.4 is 16.2 Å². The molecule has 0 unspecified atom stereocenters. The number of nitrogens with one attached hydrogen (secondary N) is 3. The maximum atomic E-state index is 14.5. The molecule has 2 aromatic rings. The molecular formula is C16H16FN3O2. The van der Waals surface area contributed by atoms with Gasteiger partial charge in [-0.3, -0.25) is 9.59 Å². The molecule has 0 fully saturated rings. The predicted molar refractivity (Wildman–Crippen MR) is 81.6 cm³/mol. The highest BCUT2D eigenvalue weighted by atomic mass is 19.1. The van der Waals surface area contributed by atoms with Gasteiger partial charge < -0.3 is 15.6 Å². The van der Waals surface area contributed by atoms with Gasteiger partial charge in [0.2, 0.25) is 5.56 Å². The maximum absolute atomic E-state index is 14.5. The minimum atomic E-state index is -0.443. The van der Waals surface area contributed by atoms with Gasteiger partial charge in [0.1, 0.15) is 5.82 Å². The van der Waals surface area contributed by atoms with Gasteiger partial charge in [-0.05, 0) is 42.6 Å². The molecule has 0 spiro atoms. The lowest BCUT2D eigenvalue weighted by molar-refractivity contribution is 0.102. The summed E-state index contributed by atoms with van der Waals surface area (Å²) in [5.74, 6) is -0.823. The fourth-order valence-corrected chi connectivity index (χ4v) is 2.64. The van der Waals surface area contributed by atoms with Crippen LogP contribution in [-0.2, 0) is 13.0 Å². The topological polar surface area (TPSA) is 74.0 Å². The molecule has 0 atom stereocenters. The number of halogens is 1. The van der Waals surface area contributed by atoms with Crippen LogP contribution in [0.15, 0.2) is 29.2 Å². The van der Waals surface area contributed by atoms with Crippen molar-refractivity contribution in [2.24, 2.45) is 0 Å². The second kappa shape index (κ2) is 5.73. The number of hydrogen-bond donors (Lipinski definition) is 3. The molecule has 0 aliphatic carbocycles. The van der Waals surface area contributed by atoms with E-state index in [1.165, 1.54) is 12.3 Å². The van der Waals surface area contributed by atoms with Gasteiger partial charge in [0, 0.05) is 18.8 Å². The minimum absolute atomic E-state index is 0.163. The van der Waals surface area contributed by atoms with E-state index in [1.54, 1.807) is 13.0 Å². The number of aromatic nitrogens is 1. The van der Waals surface area contributed by atoms with Crippen LogP contribution in [0, 0.1) is 12.7 Å². The summed E-state index contributed by atoms with van der Waals surface area (Å²) in [6.07, 6.45) is 1.94. The lowest BCUT2D eigenvalue weighted by Gasteiger charge is -2.19. The normalized spacial score (nSPS) is 13.5. The maximum Gasteiger partial charge on any atom is 0.257 e. The van der Waals surface area contributed by atoms with Crippen LogP contribution in [0.3, 0.4) is 0 Å². The predicted octanol–water partition coefficient (Wildman–Crippen LogP) is 1.72. The van der Waals surface area contributed by atoms with Gasteiger partial charge in [-0.15, -0.1) is 0 Å². The SMILES string of the molecule is Cc1cc(=O)[nH]cc1C(=O)Nc1ccc2c(c1F)CCNC2. The summed E-state index contributed by atoms with van der Waals surface area (Å²) in [5, 5.41) is 5.76. The molecule has 0 bridgehead atoms. The zero-order valence-corrected chi connectivity index (χ0v) is 12.1. The number of pyridine rings is 1. The van der Waals surface area contributed by atoms with E-state index in [2.05, 4.69) is 15.6 Å². The Morgan fingerprint density at radius 1 is 1.36 bits per heavy atom. The Morgan fingerprint density at radius 3 is 2.95 bits per heavy atom. The van der Waals surface area contributed by atoms with Crippen LogP contribution in [0.1, 0.15) is 27.0 Å². The molecule has 3 N–H and O–H groups in total. The standard InChI is InChI=1S/C16H16FN3O2/c1-9-6-14(21)19-8-12(9)16(22)20-13-3-2-10-7-18-5-4-11(10)15(13)17/h2-3,6,8,18H,4-5,7H2,1H3,(H,19,21)(H,20,22). The first-order valence-electron chi connectivity index (χ1n) is 7.08. The van der Waals surface area contributed by atoms with Crippen molar-refractivity contribution in [3.05, 3.63) is 62.8 Å². The fraction of sp³-hybridized carbons (Fsp3) is 0.250. The lowest BCUT2D eigenvalue weighted by Crippen LogP contribution is -2.25. The van der Waals surface area contributed by atoms with Crippen molar-refractivity contribution < 1.29 is 9.18 Å². The van der Waals surface area contributed by atoms with E-state index in [9.17, 15) is 14.0 Å². The monoisotopic (exact) mass is 301 g/mol. The van der Waals surface area contributed by atoms with Crippen LogP contribution in [0.25, 0.3) is 0 Å². The second-order valence-corrected chi connectivity index (χ2v) is 5.34. The van der Waals surface area contributed by atoms with E-state index in [0.29, 0.717) is 29.7 Å². The molecule has 1 amide bonds. The van der Waals surface area contributed by atoms with E-state index in [0.717, 1.165) is 12.1 Å². The zero-order valence-electron chi connectivity index (χ0n) is 12.1. The molecule has 2 heterocycles. The summed E-state index contributed by atoms with van der Waals surface area (Å²) >= 11 is 0. The van der Waals surface area contributed by atoms with Gasteiger partial charge in [0.25, 0.3) is 5.91 Å². The number of anilines is 1. The Bertz CT molecular complexity index is 798. The molecule has 1 aromatic carbocycles. The number of H-pyrrole nitrogens is 1. The summed E-state index contributed by atoms with van der Waals surface area (Å²) < 4.78 is 14.5. The first-order chi connectivity index (χ1) is 10.6. The highest BCUT2D eigenvalue weighted by Crippen LogP contribution is 2.25. The van der Waals surface area contributed by atoms with Crippen molar-refractivity contribution >= 4 is 11.6 Å². The van der Waals surface area contributed by atoms with Gasteiger partial charge >= 0.3 is 0 Å². The van der Waals surface area contributed by atoms with E-state index in [1.807, 2.05) is 6.07 Å². The van der Waals surface area contributed by atoms with E-state index < -0.39 is 5.91 Å². The second-order valence-electron chi connectivity index (χ2n) is 5.34. The molecule has 0 saturated heterocycles. The number of aromatic amines is 1. The van der Waals surface area contributed by atoms with Gasteiger partial charge in [-0.1, -0.05) is 6.07 Å². The van der Waals surface area contributed by atoms with Gasteiger partial charge in [-0.25, -0.2) is 4.39 Å². The molecular weight excluding hydrogens is 285 g/mol. The van der Waals surface area contributed by atoms with Crippen LogP contribution in [0.2, 0.25) is 0 Å². The molecule has 0 saturated carbocycles. The van der Waals surface area contributed by atoms with Crippen molar-refractivity contribution in [1.82, 2.24) is 10.3 Å². The molecule has 1 aliphatic rings. The van der Waals surface area contributed by atoms with Gasteiger partial charge in [-0.2, -0.15) is 0 Å². The van der Waals surface area contributed by atoms with Crippen LogP contribution in [0.5, 0.6) is 0 Å². The van der Waals surface area contributed by atoms with Crippen molar-refractivity contribution in [3.8, 4) is 0 Å². The first kappa shape index (κ1) is 14.5. The van der Waals surface area contributed by atoms with Crippen LogP contribution in [0.4, 0.5) is 10.1 Å². The fourth-order valence-electron chi connectivity index (χ4n) is 2.64. The number of rotatable bonds is 2. The summed E-state index contributed by atoms with van der Waals surface area (Å²) in [5.41, 5.74) is 2.32. The molecule has 1 aliphatic heterocycles.